The first-order chi connectivity index (χ1) is 11.1. The summed E-state index contributed by atoms with van der Waals surface area (Å²) in [5.74, 6) is 1.40. The summed E-state index contributed by atoms with van der Waals surface area (Å²) in [6.45, 7) is 5.47. The van der Waals surface area contributed by atoms with Crippen molar-refractivity contribution in [2.75, 3.05) is 5.32 Å². The molecule has 5 heteroatoms. The monoisotopic (exact) mass is 347 g/mol. The molecular weight excluding hydrogens is 329 g/mol. The predicted molar refractivity (Wildman–Crippen MR) is 98.9 cm³/mol. The van der Waals surface area contributed by atoms with Crippen LogP contribution in [0.3, 0.4) is 0 Å². The molecule has 0 aliphatic carbocycles. The number of anilines is 2. The van der Waals surface area contributed by atoms with E-state index in [0.717, 1.165) is 29.7 Å². The molecule has 1 atom stereocenters. The Kier molecular flexibility index (Phi) is 4.79. The summed E-state index contributed by atoms with van der Waals surface area (Å²) in [6, 6.07) is 9.56. The quantitative estimate of drug-likeness (QED) is 0.601. The number of aromatic nitrogens is 2. The van der Waals surface area contributed by atoms with Crippen molar-refractivity contribution in [3.63, 3.8) is 0 Å². The number of hydrogen-bond donors (Lipinski definition) is 1. The molecular formula is C18H19Cl2N3. The molecule has 0 fully saturated rings. The van der Waals surface area contributed by atoms with E-state index in [9.17, 15) is 0 Å². The highest BCUT2D eigenvalue weighted by Gasteiger charge is 2.12. The maximum absolute atomic E-state index is 6.24. The molecule has 120 valence electrons. The van der Waals surface area contributed by atoms with Crippen LogP contribution in [-0.2, 0) is 6.54 Å². The van der Waals surface area contributed by atoms with E-state index < -0.39 is 0 Å². The number of benzene rings is 1. The molecule has 0 saturated carbocycles. The smallest absolute Gasteiger partial charge is 0.139 e. The predicted octanol–water partition coefficient (Wildman–Crippen LogP) is 6.13. The minimum absolute atomic E-state index is 0.579. The summed E-state index contributed by atoms with van der Waals surface area (Å²) >= 11 is 12.5. The largest absolute Gasteiger partial charge is 0.347 e. The Balaban J connectivity index is 1.99. The van der Waals surface area contributed by atoms with E-state index in [4.69, 9.17) is 23.2 Å². The normalized spacial score (nSPS) is 12.5. The molecule has 0 bridgehead atoms. The molecule has 23 heavy (non-hydrogen) atoms. The third kappa shape index (κ3) is 3.31. The second kappa shape index (κ2) is 6.81. The second-order valence-electron chi connectivity index (χ2n) is 5.80. The van der Waals surface area contributed by atoms with Gasteiger partial charge in [0.25, 0.3) is 0 Å². The number of nitrogens with zero attached hydrogens (tertiary/aromatic N) is 2. The van der Waals surface area contributed by atoms with Crippen LogP contribution in [0.25, 0.3) is 10.9 Å². The topological polar surface area (TPSA) is 29.9 Å². The molecule has 1 unspecified atom stereocenters. The minimum Gasteiger partial charge on any atom is -0.347 e. The summed E-state index contributed by atoms with van der Waals surface area (Å²) < 4.78 is 2.27. The standard InChI is InChI=1S/C18H19Cl2N3/c1-3-12(2)11-23-10-8-13-16(23)7-9-21-18(13)22-17-14(19)5-4-6-15(17)20/h4-10,12H,3,11H2,1-2H3,(H,21,22). The van der Waals surface area contributed by atoms with Gasteiger partial charge in [-0.25, -0.2) is 4.98 Å². The van der Waals surface area contributed by atoms with Crippen molar-refractivity contribution in [3.8, 4) is 0 Å². The van der Waals surface area contributed by atoms with Gasteiger partial charge >= 0.3 is 0 Å². The van der Waals surface area contributed by atoms with Crippen LogP contribution >= 0.6 is 23.2 Å². The molecule has 0 radical (unpaired) electrons. The van der Waals surface area contributed by atoms with E-state index >= 15 is 0 Å². The fourth-order valence-corrected chi connectivity index (χ4v) is 3.07. The van der Waals surface area contributed by atoms with Gasteiger partial charge in [-0.1, -0.05) is 49.5 Å². The number of halogens is 2. The lowest BCUT2D eigenvalue weighted by Crippen LogP contribution is -2.05. The second-order valence-corrected chi connectivity index (χ2v) is 6.61. The van der Waals surface area contributed by atoms with E-state index in [-0.39, 0.29) is 0 Å². The summed E-state index contributed by atoms with van der Waals surface area (Å²) in [6.07, 6.45) is 5.07. The minimum atomic E-state index is 0.579. The van der Waals surface area contributed by atoms with Gasteiger partial charge in [0, 0.05) is 24.3 Å². The highest BCUT2D eigenvalue weighted by Crippen LogP contribution is 2.34. The zero-order valence-electron chi connectivity index (χ0n) is 13.2. The highest BCUT2D eigenvalue weighted by molar-refractivity contribution is 6.39. The lowest BCUT2D eigenvalue weighted by Gasteiger charge is -2.13. The number of rotatable bonds is 5. The van der Waals surface area contributed by atoms with Crippen LogP contribution < -0.4 is 5.32 Å². The summed E-state index contributed by atoms with van der Waals surface area (Å²) in [7, 11) is 0. The Morgan fingerprint density at radius 2 is 1.91 bits per heavy atom. The molecule has 0 aliphatic rings. The fourth-order valence-electron chi connectivity index (χ4n) is 2.58. The van der Waals surface area contributed by atoms with E-state index in [1.165, 1.54) is 0 Å². The number of hydrogen-bond acceptors (Lipinski definition) is 2. The Bertz CT molecular complexity index is 806. The Hall–Kier alpha value is -1.71. The van der Waals surface area contributed by atoms with Gasteiger partial charge < -0.3 is 9.88 Å². The van der Waals surface area contributed by atoms with Crippen LogP contribution in [0, 0.1) is 5.92 Å². The van der Waals surface area contributed by atoms with Gasteiger partial charge in [-0.2, -0.15) is 0 Å². The number of nitrogens with one attached hydrogen (secondary N) is 1. The van der Waals surface area contributed by atoms with Gasteiger partial charge in [-0.05, 0) is 30.2 Å². The molecule has 3 rings (SSSR count). The summed E-state index contributed by atoms with van der Waals surface area (Å²) in [4.78, 5) is 4.46. The van der Waals surface area contributed by atoms with Crippen LogP contribution in [0.15, 0.2) is 42.7 Å². The van der Waals surface area contributed by atoms with Gasteiger partial charge in [0.1, 0.15) is 5.82 Å². The van der Waals surface area contributed by atoms with Crippen LogP contribution in [0.2, 0.25) is 10.0 Å². The molecule has 0 amide bonds. The molecule has 1 N–H and O–H groups in total. The lowest BCUT2D eigenvalue weighted by atomic mass is 10.1. The lowest BCUT2D eigenvalue weighted by molar-refractivity contribution is 0.477. The highest BCUT2D eigenvalue weighted by atomic mass is 35.5. The average molecular weight is 348 g/mol. The van der Waals surface area contributed by atoms with Gasteiger partial charge in [-0.3, -0.25) is 0 Å². The zero-order chi connectivity index (χ0) is 16.4. The van der Waals surface area contributed by atoms with Crippen molar-refractivity contribution in [1.29, 1.82) is 0 Å². The van der Waals surface area contributed by atoms with Gasteiger partial charge in [0.15, 0.2) is 0 Å². The first-order valence-corrected chi connectivity index (χ1v) is 8.50. The molecule has 2 aromatic heterocycles. The van der Waals surface area contributed by atoms with Crippen molar-refractivity contribution in [1.82, 2.24) is 9.55 Å². The third-order valence-electron chi connectivity index (χ3n) is 4.11. The maximum Gasteiger partial charge on any atom is 0.139 e. The summed E-state index contributed by atoms with van der Waals surface area (Å²) in [5, 5.41) is 5.50. The van der Waals surface area contributed by atoms with Crippen molar-refractivity contribution in [3.05, 3.63) is 52.8 Å². The molecule has 3 nitrogen and oxygen atoms in total. The van der Waals surface area contributed by atoms with Crippen molar-refractivity contribution >= 4 is 45.6 Å². The van der Waals surface area contributed by atoms with E-state index in [2.05, 4.69) is 41.0 Å². The van der Waals surface area contributed by atoms with Gasteiger partial charge in [0.05, 0.1) is 21.2 Å². The third-order valence-corrected chi connectivity index (χ3v) is 4.74. The molecule has 3 aromatic rings. The Morgan fingerprint density at radius 1 is 1.17 bits per heavy atom. The number of pyridine rings is 1. The Labute approximate surface area is 146 Å². The van der Waals surface area contributed by atoms with Crippen LogP contribution in [-0.4, -0.2) is 9.55 Å². The summed E-state index contributed by atoms with van der Waals surface area (Å²) in [5.41, 5.74) is 1.84. The number of para-hydroxylation sites is 1. The molecule has 0 aliphatic heterocycles. The van der Waals surface area contributed by atoms with Crippen LogP contribution in [0.4, 0.5) is 11.5 Å². The van der Waals surface area contributed by atoms with E-state index in [0.29, 0.717) is 21.7 Å². The van der Waals surface area contributed by atoms with Gasteiger partial charge in [0.2, 0.25) is 0 Å². The number of fused-ring (bicyclic) bond motifs is 1. The van der Waals surface area contributed by atoms with Crippen molar-refractivity contribution in [2.45, 2.75) is 26.8 Å². The van der Waals surface area contributed by atoms with E-state index in [1.807, 2.05) is 30.5 Å². The maximum atomic E-state index is 6.24. The van der Waals surface area contributed by atoms with E-state index in [1.54, 1.807) is 0 Å². The first kappa shape index (κ1) is 16.2. The fraction of sp³-hybridized carbons (Fsp3) is 0.278. The van der Waals surface area contributed by atoms with Crippen LogP contribution in [0.1, 0.15) is 20.3 Å². The SMILES string of the molecule is CCC(C)Cn1ccc2c(Nc3c(Cl)cccc3Cl)nccc21. The van der Waals surface area contributed by atoms with Crippen molar-refractivity contribution < 1.29 is 0 Å². The Morgan fingerprint density at radius 3 is 2.61 bits per heavy atom. The van der Waals surface area contributed by atoms with Crippen molar-refractivity contribution in [2.24, 2.45) is 5.92 Å². The average Bonchev–Trinajstić information content (AvgIpc) is 2.95. The zero-order valence-corrected chi connectivity index (χ0v) is 14.7. The van der Waals surface area contributed by atoms with Crippen LogP contribution in [0.5, 0.6) is 0 Å². The first-order valence-electron chi connectivity index (χ1n) is 7.75. The van der Waals surface area contributed by atoms with Gasteiger partial charge in [-0.15, -0.1) is 0 Å². The molecule has 0 spiro atoms. The molecule has 1 aromatic carbocycles. The molecule has 0 saturated heterocycles. The molecule has 2 heterocycles.